The fourth-order valence-corrected chi connectivity index (χ4v) is 5.81. The smallest absolute Gasteiger partial charge is 0.301 e. The Bertz CT molecular complexity index is 1520. The highest BCUT2D eigenvalue weighted by Crippen LogP contribution is 2.45. The first-order valence-electron chi connectivity index (χ1n) is 10.9. The van der Waals surface area contributed by atoms with Gasteiger partial charge in [-0.3, -0.25) is 14.5 Å². The molecular formula is C27H21BrN2O4S. The van der Waals surface area contributed by atoms with Crippen molar-refractivity contribution in [1.82, 2.24) is 4.98 Å². The molecule has 1 aromatic heterocycles. The van der Waals surface area contributed by atoms with E-state index in [0.29, 0.717) is 22.0 Å². The third-order valence-corrected chi connectivity index (χ3v) is 7.53. The molecule has 1 unspecified atom stereocenters. The second-order valence-corrected chi connectivity index (χ2v) is 10.3. The molecule has 2 heterocycles. The highest BCUT2D eigenvalue weighted by Gasteiger charge is 2.48. The summed E-state index contributed by atoms with van der Waals surface area (Å²) in [5.41, 5.74) is 3.97. The molecular weight excluding hydrogens is 528 g/mol. The minimum absolute atomic E-state index is 0.0118. The first-order valence-corrected chi connectivity index (χ1v) is 12.5. The molecule has 1 aliphatic heterocycles. The lowest BCUT2D eigenvalue weighted by Gasteiger charge is -2.23. The molecule has 4 aromatic rings. The number of rotatable bonds is 4. The van der Waals surface area contributed by atoms with Crippen molar-refractivity contribution >= 4 is 60.1 Å². The molecule has 1 fully saturated rings. The molecule has 0 radical (unpaired) electrons. The molecule has 0 spiro atoms. The number of ether oxygens (including phenoxy) is 1. The van der Waals surface area contributed by atoms with Crippen LogP contribution in [-0.4, -0.2) is 28.9 Å². The first kappa shape index (κ1) is 23.3. The van der Waals surface area contributed by atoms with Gasteiger partial charge in [-0.2, -0.15) is 0 Å². The molecule has 1 aliphatic rings. The predicted molar refractivity (Wildman–Crippen MR) is 141 cm³/mol. The van der Waals surface area contributed by atoms with E-state index in [1.165, 1.54) is 23.3 Å². The summed E-state index contributed by atoms with van der Waals surface area (Å²) in [6, 6.07) is 17.3. The van der Waals surface area contributed by atoms with Gasteiger partial charge in [0.05, 0.1) is 28.9 Å². The number of aliphatic hydroxyl groups is 1. The molecule has 0 saturated carbocycles. The summed E-state index contributed by atoms with van der Waals surface area (Å²) >= 11 is 4.79. The number of hydrogen-bond acceptors (Lipinski definition) is 6. The van der Waals surface area contributed by atoms with Gasteiger partial charge in [-0.1, -0.05) is 57.6 Å². The Balaban J connectivity index is 1.74. The number of carbonyl (C=O) groups is 2. The number of aliphatic hydroxyl groups excluding tert-OH is 1. The number of carbonyl (C=O) groups excluding carboxylic acids is 2. The highest BCUT2D eigenvalue weighted by atomic mass is 79.9. The van der Waals surface area contributed by atoms with E-state index in [4.69, 9.17) is 9.72 Å². The number of fused-ring (bicyclic) bond motifs is 1. The van der Waals surface area contributed by atoms with E-state index < -0.39 is 17.7 Å². The molecule has 1 N–H and O–H groups in total. The zero-order chi connectivity index (χ0) is 24.9. The monoisotopic (exact) mass is 548 g/mol. The number of anilines is 1. The molecule has 3 aromatic carbocycles. The number of methoxy groups -OCH3 is 1. The average molecular weight is 549 g/mol. The molecule has 6 nitrogen and oxygen atoms in total. The number of aromatic nitrogens is 1. The number of nitrogens with zero attached hydrogens (tertiary/aromatic N) is 2. The molecule has 5 rings (SSSR count). The maximum absolute atomic E-state index is 13.4. The zero-order valence-corrected chi connectivity index (χ0v) is 21.6. The third kappa shape index (κ3) is 4.02. The molecule has 35 heavy (non-hydrogen) atoms. The van der Waals surface area contributed by atoms with Crippen LogP contribution in [0.1, 0.15) is 28.3 Å². The number of Topliss-reactive ketones (excluding diaryl/α,β-unsaturated/α-hetero) is 1. The standard InChI is InChI=1S/C27H21BrN2O4S/c1-14-11-15(2)22-20(12-14)35-27(29-22)30-23(16-7-9-18(28)10-8-16)21(25(32)26(30)33)24(31)17-5-4-6-19(13-17)34-3/h4-13,23,31H,1-3H3/b24-21+. The van der Waals surface area contributed by atoms with Gasteiger partial charge in [0.1, 0.15) is 11.5 Å². The summed E-state index contributed by atoms with van der Waals surface area (Å²) in [7, 11) is 1.52. The number of ketones is 1. The summed E-state index contributed by atoms with van der Waals surface area (Å²) < 4.78 is 7.07. The first-order chi connectivity index (χ1) is 16.8. The third-order valence-electron chi connectivity index (χ3n) is 6.00. The van der Waals surface area contributed by atoms with Crippen LogP contribution in [0.4, 0.5) is 5.13 Å². The van der Waals surface area contributed by atoms with E-state index >= 15 is 0 Å². The van der Waals surface area contributed by atoms with Crippen molar-refractivity contribution in [2.75, 3.05) is 12.0 Å². The lowest BCUT2D eigenvalue weighted by atomic mass is 9.95. The Morgan fingerprint density at radius 1 is 1.09 bits per heavy atom. The largest absolute Gasteiger partial charge is 0.507 e. The summed E-state index contributed by atoms with van der Waals surface area (Å²) in [5.74, 6) is -1.22. The van der Waals surface area contributed by atoms with E-state index in [9.17, 15) is 14.7 Å². The van der Waals surface area contributed by atoms with Gasteiger partial charge >= 0.3 is 5.91 Å². The number of aryl methyl sites for hydroxylation is 2. The van der Waals surface area contributed by atoms with Crippen LogP contribution < -0.4 is 9.64 Å². The van der Waals surface area contributed by atoms with E-state index in [1.54, 1.807) is 24.3 Å². The van der Waals surface area contributed by atoms with Crippen LogP contribution in [0, 0.1) is 13.8 Å². The minimum atomic E-state index is -0.837. The van der Waals surface area contributed by atoms with Crippen LogP contribution in [0.15, 0.2) is 70.7 Å². The molecule has 1 amide bonds. The Hall–Kier alpha value is -3.49. The highest BCUT2D eigenvalue weighted by molar-refractivity contribution is 9.10. The van der Waals surface area contributed by atoms with Gasteiger partial charge in [0, 0.05) is 10.0 Å². The maximum Gasteiger partial charge on any atom is 0.301 e. The normalized spacial score (nSPS) is 17.4. The molecule has 1 saturated heterocycles. The van der Waals surface area contributed by atoms with Gasteiger partial charge in [-0.25, -0.2) is 4.98 Å². The van der Waals surface area contributed by atoms with Crippen LogP contribution in [0.25, 0.3) is 16.0 Å². The molecule has 1 atom stereocenters. The summed E-state index contributed by atoms with van der Waals surface area (Å²) in [6.45, 7) is 3.98. The Labute approximate surface area is 214 Å². The van der Waals surface area contributed by atoms with Crippen molar-refractivity contribution in [2.24, 2.45) is 0 Å². The predicted octanol–water partition coefficient (Wildman–Crippen LogP) is 6.31. The van der Waals surface area contributed by atoms with Crippen molar-refractivity contribution in [3.8, 4) is 5.75 Å². The summed E-state index contributed by atoms with van der Waals surface area (Å²) in [4.78, 5) is 32.9. The fourth-order valence-electron chi connectivity index (χ4n) is 4.38. The van der Waals surface area contributed by atoms with Gasteiger partial charge in [-0.15, -0.1) is 0 Å². The van der Waals surface area contributed by atoms with Crippen LogP contribution in [-0.2, 0) is 9.59 Å². The molecule has 176 valence electrons. The summed E-state index contributed by atoms with van der Waals surface area (Å²) in [6.07, 6.45) is 0. The number of amides is 1. The molecule has 0 aliphatic carbocycles. The second kappa shape index (κ2) is 8.94. The van der Waals surface area contributed by atoms with Gasteiger partial charge in [0.2, 0.25) is 0 Å². The van der Waals surface area contributed by atoms with Crippen molar-refractivity contribution in [3.63, 3.8) is 0 Å². The number of benzene rings is 3. The quantitative estimate of drug-likeness (QED) is 0.183. The van der Waals surface area contributed by atoms with Crippen LogP contribution in [0.3, 0.4) is 0 Å². The van der Waals surface area contributed by atoms with Crippen molar-refractivity contribution in [3.05, 3.63) is 93.0 Å². The van der Waals surface area contributed by atoms with Crippen molar-refractivity contribution in [2.45, 2.75) is 19.9 Å². The second-order valence-electron chi connectivity index (χ2n) is 8.38. The van der Waals surface area contributed by atoms with Crippen LogP contribution in [0.5, 0.6) is 5.75 Å². The lowest BCUT2D eigenvalue weighted by molar-refractivity contribution is -0.132. The number of halogens is 1. The number of thiazole rings is 1. The van der Waals surface area contributed by atoms with Gasteiger partial charge < -0.3 is 9.84 Å². The van der Waals surface area contributed by atoms with Gasteiger partial charge in [-0.05, 0) is 60.9 Å². The van der Waals surface area contributed by atoms with E-state index in [1.807, 2.05) is 50.2 Å². The fraction of sp³-hybridized carbons (Fsp3) is 0.148. The van der Waals surface area contributed by atoms with Crippen molar-refractivity contribution in [1.29, 1.82) is 0 Å². The lowest BCUT2D eigenvalue weighted by Crippen LogP contribution is -2.29. The van der Waals surface area contributed by atoms with E-state index in [0.717, 1.165) is 25.8 Å². The number of hydrogen-bond donors (Lipinski definition) is 1. The SMILES string of the molecule is COc1cccc(/C(O)=C2\C(=O)C(=O)N(c3nc4c(C)cc(C)cc4s3)C2c2ccc(Br)cc2)c1. The minimum Gasteiger partial charge on any atom is -0.507 e. The maximum atomic E-state index is 13.4. The molecule has 0 bridgehead atoms. The zero-order valence-electron chi connectivity index (χ0n) is 19.2. The van der Waals surface area contributed by atoms with Crippen molar-refractivity contribution < 1.29 is 19.4 Å². The molecule has 8 heteroatoms. The Kier molecular flexibility index (Phi) is 5.94. The van der Waals surface area contributed by atoms with Crippen LogP contribution in [0.2, 0.25) is 0 Å². The summed E-state index contributed by atoms with van der Waals surface area (Å²) in [5, 5.41) is 11.7. The average Bonchev–Trinajstić information content (AvgIpc) is 3.38. The van der Waals surface area contributed by atoms with Crippen LogP contribution >= 0.6 is 27.3 Å². The van der Waals surface area contributed by atoms with Gasteiger partial charge in [0.25, 0.3) is 5.78 Å². The Morgan fingerprint density at radius 2 is 1.83 bits per heavy atom. The van der Waals surface area contributed by atoms with E-state index in [-0.39, 0.29) is 11.3 Å². The van der Waals surface area contributed by atoms with Gasteiger partial charge in [0.15, 0.2) is 5.13 Å². The van der Waals surface area contributed by atoms with E-state index in [2.05, 4.69) is 15.9 Å². The topological polar surface area (TPSA) is 79.7 Å². The Morgan fingerprint density at radius 3 is 2.54 bits per heavy atom.